The first-order chi connectivity index (χ1) is 9.69. The van der Waals surface area contributed by atoms with Gasteiger partial charge in [0.15, 0.2) is 0 Å². The predicted molar refractivity (Wildman–Crippen MR) is 78.7 cm³/mol. The van der Waals surface area contributed by atoms with Gasteiger partial charge in [0, 0.05) is 19.1 Å². The Morgan fingerprint density at radius 2 is 2.00 bits per heavy atom. The lowest BCUT2D eigenvalue weighted by Crippen LogP contribution is -2.39. The fraction of sp³-hybridized carbons (Fsp3) is 0.588. The Morgan fingerprint density at radius 3 is 2.75 bits per heavy atom. The second-order valence-corrected chi connectivity index (χ2v) is 6.21. The van der Waals surface area contributed by atoms with Crippen molar-refractivity contribution in [1.29, 1.82) is 0 Å². The van der Waals surface area contributed by atoms with Crippen LogP contribution in [-0.2, 0) is 13.1 Å². The second kappa shape index (κ2) is 5.57. The van der Waals surface area contributed by atoms with E-state index in [0.717, 1.165) is 19.0 Å². The Balaban J connectivity index is 1.77. The van der Waals surface area contributed by atoms with E-state index < -0.39 is 5.97 Å². The van der Waals surface area contributed by atoms with E-state index in [1.165, 1.54) is 43.2 Å². The van der Waals surface area contributed by atoms with Gasteiger partial charge in [-0.3, -0.25) is 4.90 Å². The number of carbonyl (C=O) groups is 1. The van der Waals surface area contributed by atoms with Crippen LogP contribution in [0.3, 0.4) is 0 Å². The molecule has 0 aromatic heterocycles. The maximum Gasteiger partial charge on any atom is 0.335 e. The zero-order valence-electron chi connectivity index (χ0n) is 12.1. The molecule has 0 amide bonds. The number of hydrogen-bond donors (Lipinski definition) is 1. The zero-order chi connectivity index (χ0) is 14.1. The molecule has 20 heavy (non-hydrogen) atoms. The molecule has 1 saturated carbocycles. The van der Waals surface area contributed by atoms with Crippen LogP contribution in [-0.4, -0.2) is 22.0 Å². The number of carboxylic acids is 1. The quantitative estimate of drug-likeness (QED) is 0.913. The van der Waals surface area contributed by atoms with E-state index in [2.05, 4.69) is 11.8 Å². The van der Waals surface area contributed by atoms with Crippen LogP contribution in [0.2, 0.25) is 0 Å². The molecular formula is C17H23NO2. The van der Waals surface area contributed by atoms with Gasteiger partial charge in [-0.1, -0.05) is 32.3 Å². The third kappa shape index (κ3) is 2.47. The molecule has 2 unspecified atom stereocenters. The first-order valence-electron chi connectivity index (χ1n) is 7.78. The predicted octanol–water partition coefficient (Wildman–Crippen LogP) is 3.67. The van der Waals surface area contributed by atoms with Crippen LogP contribution in [0.5, 0.6) is 0 Å². The van der Waals surface area contributed by atoms with Gasteiger partial charge in [-0.25, -0.2) is 4.79 Å². The minimum Gasteiger partial charge on any atom is -0.478 e. The second-order valence-electron chi connectivity index (χ2n) is 6.21. The van der Waals surface area contributed by atoms with Crippen LogP contribution in [0.1, 0.15) is 60.5 Å². The highest BCUT2D eigenvalue weighted by Gasteiger charge is 2.32. The van der Waals surface area contributed by atoms with Crippen LogP contribution in [0.25, 0.3) is 0 Å². The van der Waals surface area contributed by atoms with Gasteiger partial charge >= 0.3 is 5.97 Å². The molecular weight excluding hydrogens is 250 g/mol. The lowest BCUT2D eigenvalue weighted by Gasteiger charge is -2.37. The maximum absolute atomic E-state index is 11.1. The van der Waals surface area contributed by atoms with Crippen LogP contribution in [0.15, 0.2) is 18.2 Å². The minimum atomic E-state index is -0.824. The van der Waals surface area contributed by atoms with Crippen LogP contribution in [0.4, 0.5) is 0 Å². The third-order valence-corrected chi connectivity index (χ3v) is 5.06. The monoisotopic (exact) mass is 273 g/mol. The summed E-state index contributed by atoms with van der Waals surface area (Å²) >= 11 is 0. The molecule has 0 saturated heterocycles. The summed E-state index contributed by atoms with van der Waals surface area (Å²) in [4.78, 5) is 13.6. The molecule has 0 radical (unpaired) electrons. The van der Waals surface area contributed by atoms with Crippen molar-refractivity contribution in [1.82, 2.24) is 4.90 Å². The van der Waals surface area contributed by atoms with Crippen molar-refractivity contribution in [2.75, 3.05) is 0 Å². The normalized spacial score (nSPS) is 26.4. The Bertz CT molecular complexity index is 512. The summed E-state index contributed by atoms with van der Waals surface area (Å²) in [5.74, 6) is -0.00708. The summed E-state index contributed by atoms with van der Waals surface area (Å²) < 4.78 is 0. The number of nitrogens with zero attached hydrogens (tertiary/aromatic N) is 1. The molecule has 1 fully saturated rings. The molecule has 1 aromatic rings. The van der Waals surface area contributed by atoms with Crippen molar-refractivity contribution in [3.8, 4) is 0 Å². The lowest BCUT2D eigenvalue weighted by atomic mass is 9.82. The smallest absolute Gasteiger partial charge is 0.335 e. The van der Waals surface area contributed by atoms with E-state index >= 15 is 0 Å². The number of fused-ring (bicyclic) bond motifs is 1. The van der Waals surface area contributed by atoms with E-state index in [-0.39, 0.29) is 0 Å². The first kappa shape index (κ1) is 13.6. The van der Waals surface area contributed by atoms with Gasteiger partial charge < -0.3 is 5.11 Å². The van der Waals surface area contributed by atoms with E-state index in [0.29, 0.717) is 11.6 Å². The maximum atomic E-state index is 11.1. The molecule has 108 valence electrons. The van der Waals surface area contributed by atoms with Gasteiger partial charge in [0.25, 0.3) is 0 Å². The Morgan fingerprint density at radius 1 is 1.25 bits per heavy atom. The van der Waals surface area contributed by atoms with E-state index in [4.69, 9.17) is 5.11 Å². The third-order valence-electron chi connectivity index (χ3n) is 5.06. The first-order valence-corrected chi connectivity index (χ1v) is 7.78. The SMILES string of the molecule is CCC1CCCCC1N1Cc2ccc(C(=O)O)cc2C1. The molecule has 1 N–H and O–H groups in total. The van der Waals surface area contributed by atoms with Crippen LogP contribution >= 0.6 is 0 Å². The highest BCUT2D eigenvalue weighted by molar-refractivity contribution is 5.87. The molecule has 2 atom stereocenters. The molecule has 1 aliphatic carbocycles. The highest BCUT2D eigenvalue weighted by Crippen LogP contribution is 2.35. The number of carboxylic acid groups (broad SMARTS) is 1. The van der Waals surface area contributed by atoms with Crippen molar-refractivity contribution in [3.63, 3.8) is 0 Å². The van der Waals surface area contributed by atoms with Gasteiger partial charge in [0.05, 0.1) is 5.56 Å². The van der Waals surface area contributed by atoms with Crippen molar-refractivity contribution < 1.29 is 9.90 Å². The molecule has 3 heteroatoms. The van der Waals surface area contributed by atoms with Gasteiger partial charge in [0.1, 0.15) is 0 Å². The average molecular weight is 273 g/mol. The summed E-state index contributed by atoms with van der Waals surface area (Å²) in [5.41, 5.74) is 2.95. The highest BCUT2D eigenvalue weighted by atomic mass is 16.4. The fourth-order valence-electron chi connectivity index (χ4n) is 3.93. The number of aromatic carboxylic acids is 1. The van der Waals surface area contributed by atoms with Crippen molar-refractivity contribution in [3.05, 3.63) is 34.9 Å². The number of rotatable bonds is 3. The van der Waals surface area contributed by atoms with E-state index in [1.807, 2.05) is 12.1 Å². The molecule has 2 aliphatic rings. The molecule has 1 aliphatic heterocycles. The standard InChI is InChI=1S/C17H23NO2/c1-2-12-5-3-4-6-16(12)18-10-14-8-7-13(17(19)20)9-15(14)11-18/h7-9,12,16H,2-6,10-11H2,1H3,(H,19,20). The Kier molecular flexibility index (Phi) is 3.79. The van der Waals surface area contributed by atoms with Crippen LogP contribution < -0.4 is 0 Å². The number of hydrogen-bond acceptors (Lipinski definition) is 2. The van der Waals surface area contributed by atoms with E-state index in [9.17, 15) is 4.79 Å². The summed E-state index contributed by atoms with van der Waals surface area (Å²) in [7, 11) is 0. The number of benzene rings is 1. The molecule has 0 spiro atoms. The fourth-order valence-corrected chi connectivity index (χ4v) is 3.93. The van der Waals surface area contributed by atoms with Gasteiger partial charge in [-0.2, -0.15) is 0 Å². The summed E-state index contributed by atoms with van der Waals surface area (Å²) in [6.07, 6.45) is 6.64. The van der Waals surface area contributed by atoms with Crippen LogP contribution in [0, 0.1) is 5.92 Å². The molecule has 3 rings (SSSR count). The Labute approximate surface area is 120 Å². The van der Waals surface area contributed by atoms with Crippen molar-refractivity contribution >= 4 is 5.97 Å². The topological polar surface area (TPSA) is 40.5 Å². The van der Waals surface area contributed by atoms with E-state index in [1.54, 1.807) is 6.07 Å². The molecule has 0 bridgehead atoms. The van der Waals surface area contributed by atoms with Gasteiger partial charge in [-0.15, -0.1) is 0 Å². The lowest BCUT2D eigenvalue weighted by molar-refractivity contribution is 0.0696. The summed E-state index contributed by atoms with van der Waals surface area (Å²) in [6.45, 7) is 4.22. The van der Waals surface area contributed by atoms with Crippen molar-refractivity contribution in [2.24, 2.45) is 5.92 Å². The molecule has 3 nitrogen and oxygen atoms in total. The molecule has 1 aromatic carbocycles. The summed E-state index contributed by atoms with van der Waals surface area (Å²) in [6, 6.07) is 6.29. The Hall–Kier alpha value is -1.35. The van der Waals surface area contributed by atoms with Crippen molar-refractivity contribution in [2.45, 2.75) is 58.2 Å². The zero-order valence-corrected chi connectivity index (χ0v) is 12.1. The molecule has 1 heterocycles. The van der Waals surface area contributed by atoms with Gasteiger partial charge in [0.2, 0.25) is 0 Å². The largest absolute Gasteiger partial charge is 0.478 e. The average Bonchev–Trinajstić information content (AvgIpc) is 2.89. The summed E-state index contributed by atoms with van der Waals surface area (Å²) in [5, 5.41) is 9.10. The van der Waals surface area contributed by atoms with Gasteiger partial charge in [-0.05, 0) is 42.0 Å². The minimum absolute atomic E-state index is 0.418.